The molecule has 0 saturated carbocycles. The molecule has 2 aromatic rings. The van der Waals surface area contributed by atoms with E-state index in [9.17, 15) is 0 Å². The van der Waals surface area contributed by atoms with E-state index < -0.39 is 0 Å². The second-order valence-corrected chi connectivity index (χ2v) is 5.71. The van der Waals surface area contributed by atoms with Gasteiger partial charge in [-0.3, -0.25) is 4.90 Å². The average molecular weight is 247 g/mol. The molecule has 1 aliphatic rings. The lowest BCUT2D eigenvalue weighted by atomic mass is 10.2. The minimum Gasteiger partial charge on any atom is -0.363 e. The molecule has 1 fully saturated rings. The molecule has 2 aromatic heterocycles. The van der Waals surface area contributed by atoms with Gasteiger partial charge in [-0.05, 0) is 38.9 Å². The molecule has 0 spiro atoms. The fourth-order valence-electron chi connectivity index (χ4n) is 2.36. The van der Waals surface area contributed by atoms with Crippen LogP contribution in [0.3, 0.4) is 0 Å². The Labute approximate surface area is 106 Å². The number of aromatic nitrogens is 2. The number of rotatable bonds is 3. The van der Waals surface area contributed by atoms with Crippen molar-refractivity contribution in [3.63, 3.8) is 0 Å². The Morgan fingerprint density at radius 1 is 1.41 bits per heavy atom. The molecule has 0 unspecified atom stereocenters. The highest BCUT2D eigenvalue weighted by Gasteiger charge is 2.13. The standard InChI is InChI=1S/C13H17N3S/c1-10-15-13(9-17-10)11-6-12(14-7-11)8-16-4-2-3-5-16/h6-7,9,14H,2-5,8H2,1H3. The normalized spacial score (nSPS) is 16.8. The summed E-state index contributed by atoms with van der Waals surface area (Å²) in [6.07, 6.45) is 4.76. The van der Waals surface area contributed by atoms with Crippen LogP contribution in [-0.4, -0.2) is 28.0 Å². The van der Waals surface area contributed by atoms with Crippen LogP contribution in [0.4, 0.5) is 0 Å². The van der Waals surface area contributed by atoms with Gasteiger partial charge in [-0.1, -0.05) is 0 Å². The van der Waals surface area contributed by atoms with Gasteiger partial charge in [0, 0.05) is 29.4 Å². The van der Waals surface area contributed by atoms with Crippen LogP contribution in [0.5, 0.6) is 0 Å². The number of likely N-dealkylation sites (tertiary alicyclic amines) is 1. The SMILES string of the molecule is Cc1nc(-c2c[nH]c(CN3CCCC3)c2)cs1. The lowest BCUT2D eigenvalue weighted by Gasteiger charge is -2.12. The first-order valence-electron chi connectivity index (χ1n) is 6.13. The summed E-state index contributed by atoms with van der Waals surface area (Å²) >= 11 is 1.71. The van der Waals surface area contributed by atoms with Crippen molar-refractivity contribution < 1.29 is 0 Å². The summed E-state index contributed by atoms with van der Waals surface area (Å²) in [6.45, 7) is 5.57. The lowest BCUT2D eigenvalue weighted by molar-refractivity contribution is 0.328. The topological polar surface area (TPSA) is 31.9 Å². The van der Waals surface area contributed by atoms with Gasteiger partial charge in [-0.2, -0.15) is 0 Å². The smallest absolute Gasteiger partial charge is 0.0901 e. The summed E-state index contributed by atoms with van der Waals surface area (Å²) in [4.78, 5) is 10.4. The zero-order valence-corrected chi connectivity index (χ0v) is 10.9. The third-order valence-electron chi connectivity index (χ3n) is 3.25. The second kappa shape index (κ2) is 4.63. The van der Waals surface area contributed by atoms with Gasteiger partial charge in [0.1, 0.15) is 0 Å². The summed E-state index contributed by atoms with van der Waals surface area (Å²) in [6, 6.07) is 2.23. The average Bonchev–Trinajstić information content (AvgIpc) is 2.99. The molecule has 0 bridgehead atoms. The Hall–Kier alpha value is -1.13. The van der Waals surface area contributed by atoms with E-state index in [2.05, 4.69) is 32.5 Å². The first-order chi connectivity index (χ1) is 8.31. The molecule has 3 rings (SSSR count). The van der Waals surface area contributed by atoms with Crippen molar-refractivity contribution in [2.45, 2.75) is 26.3 Å². The van der Waals surface area contributed by atoms with Crippen LogP contribution < -0.4 is 0 Å². The number of thiazole rings is 1. The van der Waals surface area contributed by atoms with Crippen LogP contribution in [0.15, 0.2) is 17.6 Å². The number of nitrogens with zero attached hydrogens (tertiary/aromatic N) is 2. The summed E-state index contributed by atoms with van der Waals surface area (Å²) in [5.74, 6) is 0. The number of aryl methyl sites for hydroxylation is 1. The predicted molar refractivity (Wildman–Crippen MR) is 71.1 cm³/mol. The highest BCUT2D eigenvalue weighted by atomic mass is 32.1. The minimum atomic E-state index is 1.04. The first kappa shape index (κ1) is 11.0. The van der Waals surface area contributed by atoms with Gasteiger partial charge in [0.15, 0.2) is 0 Å². The third-order valence-corrected chi connectivity index (χ3v) is 4.02. The van der Waals surface area contributed by atoms with Crippen LogP contribution in [0, 0.1) is 6.92 Å². The monoisotopic (exact) mass is 247 g/mol. The summed E-state index contributed by atoms with van der Waals surface area (Å²) < 4.78 is 0. The van der Waals surface area contributed by atoms with Gasteiger partial charge in [-0.25, -0.2) is 4.98 Å². The molecular formula is C13H17N3S. The molecule has 4 heteroatoms. The molecule has 0 atom stereocenters. The molecule has 0 radical (unpaired) electrons. The van der Waals surface area contributed by atoms with Crippen molar-refractivity contribution in [3.8, 4) is 11.3 Å². The maximum atomic E-state index is 4.51. The van der Waals surface area contributed by atoms with E-state index in [1.807, 2.05) is 6.92 Å². The van der Waals surface area contributed by atoms with Crippen molar-refractivity contribution >= 4 is 11.3 Å². The van der Waals surface area contributed by atoms with E-state index in [4.69, 9.17) is 0 Å². The minimum absolute atomic E-state index is 1.04. The van der Waals surface area contributed by atoms with Crippen molar-refractivity contribution in [2.24, 2.45) is 0 Å². The molecule has 0 aliphatic carbocycles. The highest BCUT2D eigenvalue weighted by Crippen LogP contribution is 2.23. The fraction of sp³-hybridized carbons (Fsp3) is 0.462. The number of hydrogen-bond acceptors (Lipinski definition) is 3. The van der Waals surface area contributed by atoms with E-state index in [-0.39, 0.29) is 0 Å². The summed E-state index contributed by atoms with van der Waals surface area (Å²) in [5, 5.41) is 3.25. The first-order valence-corrected chi connectivity index (χ1v) is 7.01. The zero-order valence-electron chi connectivity index (χ0n) is 10.1. The highest BCUT2D eigenvalue weighted by molar-refractivity contribution is 7.09. The molecule has 17 heavy (non-hydrogen) atoms. The number of H-pyrrole nitrogens is 1. The maximum absolute atomic E-state index is 4.51. The Balaban J connectivity index is 1.73. The van der Waals surface area contributed by atoms with Crippen LogP contribution in [0.2, 0.25) is 0 Å². The zero-order chi connectivity index (χ0) is 11.7. The third kappa shape index (κ3) is 2.42. The molecule has 3 heterocycles. The van der Waals surface area contributed by atoms with Gasteiger partial charge in [0.2, 0.25) is 0 Å². The van der Waals surface area contributed by atoms with E-state index in [1.165, 1.54) is 37.2 Å². The fourth-order valence-corrected chi connectivity index (χ4v) is 2.98. The van der Waals surface area contributed by atoms with E-state index in [0.29, 0.717) is 0 Å². The number of hydrogen-bond donors (Lipinski definition) is 1. The van der Waals surface area contributed by atoms with Crippen LogP contribution in [-0.2, 0) is 6.54 Å². The molecular weight excluding hydrogens is 230 g/mol. The number of aromatic amines is 1. The largest absolute Gasteiger partial charge is 0.363 e. The Bertz CT molecular complexity index is 494. The number of nitrogens with one attached hydrogen (secondary N) is 1. The maximum Gasteiger partial charge on any atom is 0.0901 e. The van der Waals surface area contributed by atoms with Gasteiger partial charge in [-0.15, -0.1) is 11.3 Å². The van der Waals surface area contributed by atoms with Gasteiger partial charge in [0.25, 0.3) is 0 Å². The predicted octanol–water partition coefficient (Wildman–Crippen LogP) is 3.04. The van der Waals surface area contributed by atoms with Crippen molar-refractivity contribution in [3.05, 3.63) is 28.3 Å². The van der Waals surface area contributed by atoms with Gasteiger partial charge < -0.3 is 4.98 Å². The van der Waals surface area contributed by atoms with Crippen LogP contribution in [0.1, 0.15) is 23.5 Å². The van der Waals surface area contributed by atoms with Crippen LogP contribution in [0.25, 0.3) is 11.3 Å². The Morgan fingerprint density at radius 2 is 2.24 bits per heavy atom. The van der Waals surface area contributed by atoms with Gasteiger partial charge in [0.05, 0.1) is 10.7 Å². The van der Waals surface area contributed by atoms with E-state index in [0.717, 1.165) is 17.2 Å². The summed E-state index contributed by atoms with van der Waals surface area (Å²) in [7, 11) is 0. The Kier molecular flexibility index (Phi) is 2.99. The molecule has 1 saturated heterocycles. The Morgan fingerprint density at radius 3 is 2.94 bits per heavy atom. The molecule has 1 N–H and O–H groups in total. The van der Waals surface area contributed by atoms with E-state index in [1.54, 1.807) is 11.3 Å². The molecule has 3 nitrogen and oxygen atoms in total. The molecule has 0 aromatic carbocycles. The van der Waals surface area contributed by atoms with Crippen molar-refractivity contribution in [1.29, 1.82) is 0 Å². The summed E-state index contributed by atoms with van der Waals surface area (Å²) in [5.41, 5.74) is 3.60. The van der Waals surface area contributed by atoms with Gasteiger partial charge >= 0.3 is 0 Å². The van der Waals surface area contributed by atoms with Crippen molar-refractivity contribution in [1.82, 2.24) is 14.9 Å². The second-order valence-electron chi connectivity index (χ2n) is 4.65. The lowest BCUT2D eigenvalue weighted by Crippen LogP contribution is -2.18. The molecule has 0 amide bonds. The van der Waals surface area contributed by atoms with Crippen LogP contribution >= 0.6 is 11.3 Å². The molecule has 1 aliphatic heterocycles. The quantitative estimate of drug-likeness (QED) is 0.904. The molecule has 90 valence electrons. The van der Waals surface area contributed by atoms with Crippen molar-refractivity contribution in [2.75, 3.05) is 13.1 Å². The van der Waals surface area contributed by atoms with E-state index >= 15 is 0 Å².